The molecule has 5 heteroatoms. The van der Waals surface area contributed by atoms with Crippen molar-refractivity contribution in [2.75, 3.05) is 6.54 Å². The van der Waals surface area contributed by atoms with Crippen molar-refractivity contribution in [1.82, 2.24) is 5.06 Å². The average molecular weight is 406 g/mol. The van der Waals surface area contributed by atoms with Gasteiger partial charge in [-0.05, 0) is 57.3 Å². The summed E-state index contributed by atoms with van der Waals surface area (Å²) in [6, 6.07) is 0. The summed E-state index contributed by atoms with van der Waals surface area (Å²) in [5.41, 5.74) is 0. The van der Waals surface area contributed by atoms with Crippen molar-refractivity contribution in [1.29, 1.82) is 0 Å². The third-order valence-electron chi connectivity index (χ3n) is 6.28. The number of aliphatic hydroxyl groups excluding tert-OH is 1. The van der Waals surface area contributed by atoms with E-state index in [1.54, 1.807) is 0 Å². The maximum Gasteiger partial charge on any atom is 0.246 e. The second kappa shape index (κ2) is 12.3. The Hall–Kier alpha value is -1.43. The second-order valence-electron chi connectivity index (χ2n) is 8.40. The van der Waals surface area contributed by atoms with Crippen molar-refractivity contribution in [2.45, 2.75) is 83.5 Å². The largest absolute Gasteiger partial charge is 0.389 e. The van der Waals surface area contributed by atoms with Crippen LogP contribution in [-0.2, 0) is 9.53 Å². The Labute approximate surface area is 176 Å². The molecule has 2 fully saturated rings. The summed E-state index contributed by atoms with van der Waals surface area (Å²) in [7, 11) is 0. The zero-order chi connectivity index (χ0) is 21.2. The van der Waals surface area contributed by atoms with Crippen LogP contribution in [0.4, 0.5) is 0 Å². The van der Waals surface area contributed by atoms with Crippen molar-refractivity contribution in [3.8, 4) is 0 Å². The molecule has 0 aromatic heterocycles. The standard InChI is InChI=1S/C24H39NO4/c1-4-7-10-18(17-23(27)25(28)16-9-6-3)24-20(21-14-15-22(24)29-21)13-12-19(26)11-8-5-2/h4-5,7,12-13,18-22,24,26,28H,2,6,8-11,14-17H2,1,3H3/t18-,19?,20-,21-,22+,24+/m0/s1. The molecule has 0 aromatic carbocycles. The van der Waals surface area contributed by atoms with E-state index in [-0.39, 0.29) is 35.9 Å². The van der Waals surface area contributed by atoms with E-state index in [2.05, 4.69) is 18.7 Å². The van der Waals surface area contributed by atoms with E-state index in [9.17, 15) is 15.1 Å². The molecule has 2 rings (SSSR count). The van der Waals surface area contributed by atoms with Gasteiger partial charge in [0.05, 0.1) is 18.3 Å². The number of ether oxygens (including phenoxy) is 1. The molecule has 2 aliphatic rings. The summed E-state index contributed by atoms with van der Waals surface area (Å²) in [5.74, 6) is 0.351. The van der Waals surface area contributed by atoms with Gasteiger partial charge in [0.1, 0.15) is 0 Å². The molecule has 5 nitrogen and oxygen atoms in total. The lowest BCUT2D eigenvalue weighted by Crippen LogP contribution is -2.37. The van der Waals surface area contributed by atoms with Crippen LogP contribution < -0.4 is 0 Å². The number of hydrogen-bond donors (Lipinski definition) is 2. The second-order valence-corrected chi connectivity index (χ2v) is 8.40. The first-order chi connectivity index (χ1) is 14.0. The molecule has 2 heterocycles. The molecule has 0 aromatic rings. The van der Waals surface area contributed by atoms with Crippen molar-refractivity contribution >= 4 is 5.91 Å². The monoisotopic (exact) mass is 405 g/mol. The molecular weight excluding hydrogens is 366 g/mol. The minimum atomic E-state index is -0.481. The van der Waals surface area contributed by atoms with Crippen molar-refractivity contribution < 1.29 is 19.8 Å². The lowest BCUT2D eigenvalue weighted by atomic mass is 9.70. The molecule has 2 saturated heterocycles. The minimum absolute atomic E-state index is 0.116. The molecule has 0 radical (unpaired) electrons. The summed E-state index contributed by atoms with van der Waals surface area (Å²) in [5, 5.41) is 21.2. The van der Waals surface area contributed by atoms with Crippen LogP contribution in [0.1, 0.15) is 65.2 Å². The van der Waals surface area contributed by atoms with E-state index in [4.69, 9.17) is 4.74 Å². The quantitative estimate of drug-likeness (QED) is 0.266. The summed E-state index contributed by atoms with van der Waals surface area (Å²) in [6.07, 6.45) is 16.2. The first kappa shape index (κ1) is 23.8. The van der Waals surface area contributed by atoms with Crippen LogP contribution in [0.3, 0.4) is 0 Å². The lowest BCUT2D eigenvalue weighted by Gasteiger charge is -2.33. The summed E-state index contributed by atoms with van der Waals surface area (Å²) in [6.45, 7) is 8.13. The van der Waals surface area contributed by atoms with Crippen LogP contribution in [0.2, 0.25) is 0 Å². The van der Waals surface area contributed by atoms with Crippen LogP contribution in [0, 0.1) is 17.8 Å². The highest BCUT2D eigenvalue weighted by molar-refractivity contribution is 5.75. The highest BCUT2D eigenvalue weighted by Crippen LogP contribution is 2.49. The number of amides is 1. The topological polar surface area (TPSA) is 70.0 Å². The molecule has 0 aliphatic carbocycles. The number of carbonyl (C=O) groups is 1. The van der Waals surface area contributed by atoms with Crippen LogP contribution in [-0.4, -0.2) is 46.1 Å². The smallest absolute Gasteiger partial charge is 0.246 e. The van der Waals surface area contributed by atoms with Gasteiger partial charge in [-0.25, -0.2) is 5.06 Å². The molecule has 0 spiro atoms. The van der Waals surface area contributed by atoms with Crippen molar-refractivity contribution in [3.63, 3.8) is 0 Å². The third-order valence-corrected chi connectivity index (χ3v) is 6.28. The van der Waals surface area contributed by atoms with Crippen LogP contribution in [0.25, 0.3) is 0 Å². The summed E-state index contributed by atoms with van der Waals surface area (Å²) >= 11 is 0. The fourth-order valence-corrected chi connectivity index (χ4v) is 4.71. The van der Waals surface area contributed by atoms with Gasteiger partial charge >= 0.3 is 0 Å². The molecule has 2 bridgehead atoms. The summed E-state index contributed by atoms with van der Waals surface area (Å²) in [4.78, 5) is 12.6. The van der Waals surface area contributed by atoms with Crippen LogP contribution in [0.5, 0.6) is 0 Å². The van der Waals surface area contributed by atoms with Crippen LogP contribution >= 0.6 is 0 Å². The SMILES string of the molecule is C=CCCC(O)C=C[C@@H]1[C@@H]([C@@H](CC=CC)CC(=O)N(O)CCCC)[C@H]2CC[C@@H]1O2. The fourth-order valence-electron chi connectivity index (χ4n) is 4.71. The molecule has 164 valence electrons. The van der Waals surface area contributed by atoms with Gasteiger partial charge in [-0.1, -0.05) is 43.7 Å². The first-order valence-electron chi connectivity index (χ1n) is 11.2. The molecule has 1 amide bonds. The molecule has 29 heavy (non-hydrogen) atoms. The number of carbonyl (C=O) groups excluding carboxylic acids is 1. The zero-order valence-corrected chi connectivity index (χ0v) is 18.1. The molecule has 0 saturated carbocycles. The number of hydrogen-bond acceptors (Lipinski definition) is 4. The first-order valence-corrected chi connectivity index (χ1v) is 11.2. The van der Waals surface area contributed by atoms with Gasteiger partial charge in [-0.3, -0.25) is 10.0 Å². The average Bonchev–Trinajstić information content (AvgIpc) is 3.33. The third kappa shape index (κ3) is 6.80. The number of aliphatic hydroxyl groups is 1. The minimum Gasteiger partial charge on any atom is -0.389 e. The Kier molecular flexibility index (Phi) is 10.1. The molecule has 2 aliphatic heterocycles. The predicted octanol–water partition coefficient (Wildman–Crippen LogP) is 4.65. The van der Waals surface area contributed by atoms with Crippen LogP contribution in [0.15, 0.2) is 37.0 Å². The Morgan fingerprint density at radius 1 is 1.34 bits per heavy atom. The Bertz CT molecular complexity index is 573. The van der Waals surface area contributed by atoms with Gasteiger partial charge < -0.3 is 9.84 Å². The van der Waals surface area contributed by atoms with Gasteiger partial charge in [-0.15, -0.1) is 6.58 Å². The van der Waals surface area contributed by atoms with Gasteiger partial charge in [0.25, 0.3) is 0 Å². The maximum absolute atomic E-state index is 12.6. The Balaban J connectivity index is 2.10. The number of rotatable bonds is 13. The molecule has 1 unspecified atom stereocenters. The highest BCUT2D eigenvalue weighted by Gasteiger charge is 2.50. The van der Waals surface area contributed by atoms with E-state index < -0.39 is 6.10 Å². The molecular formula is C24H39NO4. The number of unbranched alkanes of at least 4 members (excludes halogenated alkanes) is 1. The van der Waals surface area contributed by atoms with E-state index >= 15 is 0 Å². The Morgan fingerprint density at radius 3 is 2.79 bits per heavy atom. The normalized spacial score (nSPS) is 28.3. The number of nitrogens with zero attached hydrogens (tertiary/aromatic N) is 1. The van der Waals surface area contributed by atoms with Gasteiger partial charge in [0.15, 0.2) is 0 Å². The van der Waals surface area contributed by atoms with Gasteiger partial charge in [0.2, 0.25) is 5.91 Å². The highest BCUT2D eigenvalue weighted by atomic mass is 16.5. The van der Waals surface area contributed by atoms with Crippen molar-refractivity contribution in [2.24, 2.45) is 17.8 Å². The van der Waals surface area contributed by atoms with E-state index in [0.29, 0.717) is 19.4 Å². The zero-order valence-electron chi connectivity index (χ0n) is 18.1. The van der Waals surface area contributed by atoms with E-state index in [1.807, 2.05) is 32.1 Å². The predicted molar refractivity (Wildman–Crippen MR) is 115 cm³/mol. The summed E-state index contributed by atoms with van der Waals surface area (Å²) < 4.78 is 6.22. The van der Waals surface area contributed by atoms with Crippen molar-refractivity contribution in [3.05, 3.63) is 37.0 Å². The Morgan fingerprint density at radius 2 is 2.10 bits per heavy atom. The number of hydroxylamine groups is 2. The van der Waals surface area contributed by atoms with Gasteiger partial charge in [-0.2, -0.15) is 0 Å². The fraction of sp³-hybridized carbons (Fsp3) is 0.708. The maximum atomic E-state index is 12.6. The van der Waals surface area contributed by atoms with E-state index in [0.717, 1.165) is 43.6 Å². The number of allylic oxidation sites excluding steroid dienone is 3. The lowest BCUT2D eigenvalue weighted by molar-refractivity contribution is -0.167. The molecule has 2 N–H and O–H groups in total. The number of fused-ring (bicyclic) bond motifs is 2. The molecule has 6 atom stereocenters. The van der Waals surface area contributed by atoms with E-state index in [1.165, 1.54) is 0 Å². The van der Waals surface area contributed by atoms with Gasteiger partial charge in [0, 0.05) is 18.9 Å².